The number of nitrogens with one attached hydrogen (secondary N) is 1. The molecule has 2 aromatic carbocycles. The number of hydrogen-bond acceptors (Lipinski definition) is 4. The number of rotatable bonds is 4. The minimum absolute atomic E-state index is 0. The van der Waals surface area contributed by atoms with E-state index >= 15 is 0 Å². The second kappa shape index (κ2) is 7.39. The predicted molar refractivity (Wildman–Crippen MR) is 107 cm³/mol. The molecule has 0 saturated carbocycles. The molecule has 0 radical (unpaired) electrons. The molecule has 1 heterocycles. The van der Waals surface area contributed by atoms with Crippen molar-refractivity contribution in [1.82, 2.24) is 9.78 Å². The van der Waals surface area contributed by atoms with Crippen molar-refractivity contribution in [2.75, 3.05) is 10.5 Å². The highest BCUT2D eigenvalue weighted by Gasteiger charge is 2.21. The van der Waals surface area contributed by atoms with Crippen LogP contribution < -0.4 is 10.5 Å². The van der Waals surface area contributed by atoms with Crippen molar-refractivity contribution in [2.45, 2.75) is 18.7 Å². The smallest absolute Gasteiger partial charge is 0.262 e. The van der Waals surface area contributed by atoms with Crippen LogP contribution in [0, 0.1) is 13.8 Å². The molecule has 1 aromatic heterocycles. The van der Waals surface area contributed by atoms with Crippen LogP contribution in [0.4, 0.5) is 11.4 Å². The van der Waals surface area contributed by atoms with Gasteiger partial charge in [0.25, 0.3) is 10.0 Å². The van der Waals surface area contributed by atoms with Crippen LogP contribution in [0.5, 0.6) is 0 Å². The first-order chi connectivity index (χ1) is 11.8. The van der Waals surface area contributed by atoms with Crippen molar-refractivity contribution in [3.05, 3.63) is 59.9 Å². The number of aryl methyl sites for hydroxylation is 2. The molecule has 0 aliphatic carbocycles. The van der Waals surface area contributed by atoms with Crippen molar-refractivity contribution in [1.29, 1.82) is 0 Å². The van der Waals surface area contributed by atoms with Gasteiger partial charge < -0.3 is 5.73 Å². The Morgan fingerprint density at radius 3 is 2.42 bits per heavy atom. The molecule has 0 saturated heterocycles. The molecule has 8 heteroatoms. The van der Waals surface area contributed by atoms with E-state index in [1.807, 2.05) is 32.3 Å². The molecule has 0 aliphatic rings. The number of sulfonamides is 1. The van der Waals surface area contributed by atoms with E-state index in [4.69, 9.17) is 5.73 Å². The number of benzene rings is 2. The maximum absolute atomic E-state index is 12.9. The Morgan fingerprint density at radius 1 is 1.12 bits per heavy atom. The van der Waals surface area contributed by atoms with Crippen molar-refractivity contribution >= 4 is 33.8 Å². The van der Waals surface area contributed by atoms with E-state index in [0.717, 1.165) is 16.7 Å². The Balaban J connectivity index is 0.00000243. The zero-order valence-corrected chi connectivity index (χ0v) is 16.4. The summed E-state index contributed by atoms with van der Waals surface area (Å²) in [6.07, 6.45) is 3.57. The highest BCUT2D eigenvalue weighted by Crippen LogP contribution is 2.31. The highest BCUT2D eigenvalue weighted by atomic mass is 35.5. The monoisotopic (exact) mass is 392 g/mol. The SMILES string of the molecule is Cc1cccc(N)c1NS(=O)(=O)c1cccc(-c2cnn(C)c2)c1C.Cl. The summed E-state index contributed by atoms with van der Waals surface area (Å²) in [5.41, 5.74) is 9.86. The minimum atomic E-state index is -3.77. The van der Waals surface area contributed by atoms with Gasteiger partial charge in [0.2, 0.25) is 0 Å². The Morgan fingerprint density at radius 2 is 1.81 bits per heavy atom. The van der Waals surface area contributed by atoms with Crippen LogP contribution in [0.25, 0.3) is 11.1 Å². The lowest BCUT2D eigenvalue weighted by Crippen LogP contribution is -2.16. The third-order valence-corrected chi connectivity index (χ3v) is 5.63. The van der Waals surface area contributed by atoms with Gasteiger partial charge in [0.05, 0.1) is 22.5 Å². The fourth-order valence-electron chi connectivity index (χ4n) is 2.80. The molecule has 0 bridgehead atoms. The summed E-state index contributed by atoms with van der Waals surface area (Å²) >= 11 is 0. The van der Waals surface area contributed by atoms with Crippen LogP contribution in [0.2, 0.25) is 0 Å². The first-order valence-electron chi connectivity index (χ1n) is 7.76. The van der Waals surface area contributed by atoms with Crippen LogP contribution in [-0.4, -0.2) is 18.2 Å². The van der Waals surface area contributed by atoms with E-state index in [0.29, 0.717) is 16.9 Å². The third-order valence-electron chi connectivity index (χ3n) is 4.13. The lowest BCUT2D eigenvalue weighted by atomic mass is 10.0. The lowest BCUT2D eigenvalue weighted by molar-refractivity contribution is 0.600. The lowest BCUT2D eigenvalue weighted by Gasteiger charge is -2.15. The van der Waals surface area contributed by atoms with E-state index in [2.05, 4.69) is 9.82 Å². The van der Waals surface area contributed by atoms with Gasteiger partial charge in [0.15, 0.2) is 0 Å². The second-order valence-corrected chi connectivity index (χ2v) is 7.63. The van der Waals surface area contributed by atoms with Crippen LogP contribution in [0.3, 0.4) is 0 Å². The summed E-state index contributed by atoms with van der Waals surface area (Å²) in [5, 5.41) is 4.15. The van der Waals surface area contributed by atoms with Crippen LogP contribution >= 0.6 is 12.4 Å². The summed E-state index contributed by atoms with van der Waals surface area (Å²) in [4.78, 5) is 0.219. The van der Waals surface area contributed by atoms with Crippen molar-refractivity contribution in [2.24, 2.45) is 7.05 Å². The molecule has 26 heavy (non-hydrogen) atoms. The Labute approximate surface area is 159 Å². The first kappa shape index (κ1) is 19.8. The number of nitrogens with two attached hydrogens (primary N) is 1. The molecular weight excluding hydrogens is 372 g/mol. The zero-order valence-electron chi connectivity index (χ0n) is 14.7. The maximum atomic E-state index is 12.9. The van der Waals surface area contributed by atoms with Gasteiger partial charge in [-0.05, 0) is 42.7 Å². The molecule has 3 N–H and O–H groups in total. The Hall–Kier alpha value is -2.51. The topological polar surface area (TPSA) is 90.0 Å². The fourth-order valence-corrected chi connectivity index (χ4v) is 4.23. The molecule has 3 rings (SSSR count). The van der Waals surface area contributed by atoms with E-state index < -0.39 is 10.0 Å². The standard InChI is InChI=1S/C18H20N4O2S.ClH/c1-12-6-4-8-16(19)18(12)21-25(23,24)17-9-5-7-15(13(17)2)14-10-20-22(3)11-14;/h4-11,21H,19H2,1-3H3;1H. The van der Waals surface area contributed by atoms with Gasteiger partial charge in [0, 0.05) is 18.8 Å². The highest BCUT2D eigenvalue weighted by molar-refractivity contribution is 7.92. The first-order valence-corrected chi connectivity index (χ1v) is 9.24. The number of nitrogens with zero attached hydrogens (tertiary/aromatic N) is 2. The molecule has 0 amide bonds. The normalized spacial score (nSPS) is 11.0. The molecule has 138 valence electrons. The van der Waals surface area contributed by atoms with E-state index in [-0.39, 0.29) is 17.3 Å². The average Bonchev–Trinajstić information content (AvgIpc) is 2.97. The summed E-state index contributed by atoms with van der Waals surface area (Å²) in [6.45, 7) is 3.60. The number of aromatic nitrogens is 2. The van der Waals surface area contributed by atoms with Gasteiger partial charge in [-0.1, -0.05) is 24.3 Å². The van der Waals surface area contributed by atoms with Gasteiger partial charge in [-0.3, -0.25) is 9.40 Å². The fraction of sp³-hybridized carbons (Fsp3) is 0.167. The van der Waals surface area contributed by atoms with Crippen LogP contribution in [0.1, 0.15) is 11.1 Å². The number of halogens is 1. The predicted octanol–water partition coefficient (Wildman–Crippen LogP) is 3.51. The quantitative estimate of drug-likeness (QED) is 0.665. The Bertz CT molecular complexity index is 1020. The molecule has 6 nitrogen and oxygen atoms in total. The molecule has 0 fully saturated rings. The van der Waals surface area contributed by atoms with Gasteiger partial charge in [-0.25, -0.2) is 8.42 Å². The number of anilines is 2. The zero-order chi connectivity index (χ0) is 18.2. The van der Waals surface area contributed by atoms with Crippen molar-refractivity contribution < 1.29 is 8.42 Å². The molecule has 0 aliphatic heterocycles. The van der Waals surface area contributed by atoms with Crippen LogP contribution in [0.15, 0.2) is 53.7 Å². The van der Waals surface area contributed by atoms with Crippen LogP contribution in [-0.2, 0) is 17.1 Å². The van der Waals surface area contributed by atoms with Crippen molar-refractivity contribution in [3.63, 3.8) is 0 Å². The number of para-hydroxylation sites is 1. The summed E-state index contributed by atoms with van der Waals surface area (Å²) in [7, 11) is -1.95. The molecule has 0 unspecified atom stereocenters. The van der Waals surface area contributed by atoms with Gasteiger partial charge in [-0.15, -0.1) is 12.4 Å². The summed E-state index contributed by atoms with van der Waals surface area (Å²) in [6, 6.07) is 10.5. The van der Waals surface area contributed by atoms with E-state index in [1.165, 1.54) is 0 Å². The third kappa shape index (κ3) is 3.68. The van der Waals surface area contributed by atoms with E-state index in [1.54, 1.807) is 42.1 Å². The van der Waals surface area contributed by atoms with Gasteiger partial charge in [0.1, 0.15) is 0 Å². The van der Waals surface area contributed by atoms with Gasteiger partial charge >= 0.3 is 0 Å². The molecule has 3 aromatic rings. The number of hydrogen-bond donors (Lipinski definition) is 2. The largest absolute Gasteiger partial charge is 0.397 e. The van der Waals surface area contributed by atoms with Crippen molar-refractivity contribution in [3.8, 4) is 11.1 Å². The summed E-state index contributed by atoms with van der Waals surface area (Å²) < 4.78 is 30.2. The Kier molecular flexibility index (Phi) is 5.63. The van der Waals surface area contributed by atoms with E-state index in [9.17, 15) is 8.42 Å². The summed E-state index contributed by atoms with van der Waals surface area (Å²) in [5.74, 6) is 0. The molecular formula is C18H21ClN4O2S. The second-order valence-electron chi connectivity index (χ2n) is 5.98. The van der Waals surface area contributed by atoms with Gasteiger partial charge in [-0.2, -0.15) is 5.10 Å². The molecule has 0 spiro atoms. The maximum Gasteiger partial charge on any atom is 0.262 e. The minimum Gasteiger partial charge on any atom is -0.397 e. The average molecular weight is 393 g/mol. The number of nitrogen functional groups attached to an aromatic ring is 1. The molecule has 0 atom stereocenters.